The zero-order valence-electron chi connectivity index (χ0n) is 17.2. The molecule has 6 nitrogen and oxygen atoms in total. The van der Waals surface area contributed by atoms with Gasteiger partial charge < -0.3 is 19.7 Å². The van der Waals surface area contributed by atoms with Crippen LogP contribution in [0.1, 0.15) is 24.1 Å². The first-order valence-electron chi connectivity index (χ1n) is 9.60. The van der Waals surface area contributed by atoms with E-state index in [9.17, 15) is 4.79 Å². The number of para-hydroxylation sites is 1. The van der Waals surface area contributed by atoms with Crippen molar-refractivity contribution in [2.24, 2.45) is 12.0 Å². The molecular formula is C21H29ClIN5O. The zero-order chi connectivity index (χ0) is 20.1. The quantitative estimate of drug-likeness (QED) is 0.269. The van der Waals surface area contributed by atoms with Gasteiger partial charge in [-0.1, -0.05) is 29.8 Å². The van der Waals surface area contributed by atoms with Crippen LogP contribution in [0.5, 0.6) is 0 Å². The molecule has 0 fully saturated rings. The summed E-state index contributed by atoms with van der Waals surface area (Å²) in [4.78, 5) is 20.9. The van der Waals surface area contributed by atoms with Crippen molar-refractivity contribution in [3.63, 3.8) is 0 Å². The van der Waals surface area contributed by atoms with Gasteiger partial charge >= 0.3 is 0 Å². The Kier molecular flexibility index (Phi) is 8.82. The highest BCUT2D eigenvalue weighted by molar-refractivity contribution is 14.0. The molecule has 0 spiro atoms. The fraction of sp³-hybridized carbons (Fsp3) is 0.429. The Bertz CT molecular complexity index is 867. The topological polar surface area (TPSA) is 52.9 Å². The van der Waals surface area contributed by atoms with Gasteiger partial charge in [0.25, 0.3) is 0 Å². The molecule has 8 heteroatoms. The summed E-state index contributed by atoms with van der Waals surface area (Å²) >= 11 is 6.06. The Morgan fingerprint density at radius 3 is 2.79 bits per heavy atom. The van der Waals surface area contributed by atoms with Crippen molar-refractivity contribution in [2.75, 3.05) is 32.1 Å². The number of aromatic nitrogens is 1. The van der Waals surface area contributed by atoms with Crippen LogP contribution in [0.2, 0.25) is 5.02 Å². The second kappa shape index (κ2) is 10.9. The Morgan fingerprint density at radius 2 is 2.10 bits per heavy atom. The smallest absolute Gasteiger partial charge is 0.227 e. The van der Waals surface area contributed by atoms with Crippen LogP contribution in [-0.2, 0) is 24.8 Å². The number of carbonyl (C=O) groups is 1. The van der Waals surface area contributed by atoms with E-state index in [-0.39, 0.29) is 29.9 Å². The van der Waals surface area contributed by atoms with Crippen LogP contribution in [0.3, 0.4) is 0 Å². The number of nitrogens with one attached hydrogen (secondary N) is 1. The predicted molar refractivity (Wildman–Crippen MR) is 130 cm³/mol. The summed E-state index contributed by atoms with van der Waals surface area (Å²) in [6.45, 7) is 2.19. The molecule has 2 aromatic rings. The van der Waals surface area contributed by atoms with Gasteiger partial charge in [-0.2, -0.15) is 0 Å². The number of aliphatic imine (C=N–C) groups is 1. The largest absolute Gasteiger partial charge is 0.356 e. The fourth-order valence-electron chi connectivity index (χ4n) is 3.60. The van der Waals surface area contributed by atoms with Gasteiger partial charge in [0.05, 0.1) is 11.6 Å². The second-order valence-corrected chi connectivity index (χ2v) is 7.55. The SMILES string of the molecule is CN=C(NCCCC(=O)N1CCc2ccccc21)N(C)Cc1cc(Cl)cn1C.I. The van der Waals surface area contributed by atoms with Crippen LogP contribution in [-0.4, -0.2) is 48.5 Å². The Morgan fingerprint density at radius 1 is 1.34 bits per heavy atom. The van der Waals surface area contributed by atoms with Crippen LogP contribution in [0.4, 0.5) is 5.69 Å². The van der Waals surface area contributed by atoms with E-state index in [1.54, 1.807) is 7.05 Å². The molecule has 0 atom stereocenters. The van der Waals surface area contributed by atoms with Crippen molar-refractivity contribution in [2.45, 2.75) is 25.8 Å². The maximum atomic E-state index is 12.6. The number of fused-ring (bicyclic) bond motifs is 1. The summed E-state index contributed by atoms with van der Waals surface area (Å²) in [6.07, 6.45) is 4.12. The molecule has 1 aromatic heterocycles. The number of anilines is 1. The summed E-state index contributed by atoms with van der Waals surface area (Å²) in [6, 6.07) is 10.1. The molecule has 1 N–H and O–H groups in total. The predicted octanol–water partition coefficient (Wildman–Crippen LogP) is 3.67. The molecule has 1 aromatic carbocycles. The van der Waals surface area contributed by atoms with E-state index in [1.807, 2.05) is 58.9 Å². The number of halogens is 2. The van der Waals surface area contributed by atoms with Crippen LogP contribution in [0, 0.1) is 0 Å². The molecule has 158 valence electrons. The van der Waals surface area contributed by atoms with Crippen molar-refractivity contribution < 1.29 is 4.79 Å². The first-order valence-corrected chi connectivity index (χ1v) is 9.98. The maximum absolute atomic E-state index is 12.6. The average molecular weight is 530 g/mol. The van der Waals surface area contributed by atoms with Crippen molar-refractivity contribution in [1.82, 2.24) is 14.8 Å². The van der Waals surface area contributed by atoms with Crippen molar-refractivity contribution in [3.8, 4) is 0 Å². The maximum Gasteiger partial charge on any atom is 0.227 e. The molecule has 1 amide bonds. The van der Waals surface area contributed by atoms with E-state index >= 15 is 0 Å². The number of benzene rings is 1. The van der Waals surface area contributed by atoms with Gasteiger partial charge in [-0.25, -0.2) is 0 Å². The molecule has 1 aliphatic heterocycles. The first kappa shape index (κ1) is 23.5. The van der Waals surface area contributed by atoms with Gasteiger partial charge in [0.1, 0.15) is 0 Å². The Balaban J connectivity index is 0.00000300. The highest BCUT2D eigenvalue weighted by atomic mass is 127. The Labute approximate surface area is 194 Å². The number of hydrogen-bond donors (Lipinski definition) is 1. The molecule has 0 radical (unpaired) electrons. The minimum Gasteiger partial charge on any atom is -0.356 e. The fourth-order valence-corrected chi connectivity index (χ4v) is 3.87. The van der Waals surface area contributed by atoms with E-state index in [0.717, 1.165) is 41.7 Å². The number of amides is 1. The minimum atomic E-state index is 0. The van der Waals surface area contributed by atoms with Gasteiger partial charge in [-0.15, -0.1) is 24.0 Å². The lowest BCUT2D eigenvalue weighted by molar-refractivity contribution is -0.118. The number of aryl methyl sites for hydroxylation is 1. The normalized spacial score (nSPS) is 13.1. The standard InChI is InChI=1S/C21H28ClN5O.HI/c1-23-21(26(3)15-18-13-17(22)14-25(18)2)24-11-6-9-20(28)27-12-10-16-7-4-5-8-19(16)27;/h4-5,7-8,13-14H,6,9-12,15H2,1-3H3,(H,23,24);1H. The highest BCUT2D eigenvalue weighted by Crippen LogP contribution is 2.28. The molecule has 0 saturated heterocycles. The average Bonchev–Trinajstić information content (AvgIpc) is 3.24. The van der Waals surface area contributed by atoms with E-state index in [1.165, 1.54) is 5.56 Å². The van der Waals surface area contributed by atoms with Gasteiger partial charge in [0.15, 0.2) is 5.96 Å². The van der Waals surface area contributed by atoms with Crippen molar-refractivity contribution >= 4 is 53.1 Å². The van der Waals surface area contributed by atoms with Gasteiger partial charge in [0.2, 0.25) is 5.91 Å². The van der Waals surface area contributed by atoms with Gasteiger partial charge in [0, 0.05) is 58.2 Å². The second-order valence-electron chi connectivity index (χ2n) is 7.12. The number of rotatable bonds is 6. The summed E-state index contributed by atoms with van der Waals surface area (Å²) in [5.41, 5.74) is 3.44. The molecule has 0 aliphatic carbocycles. The molecule has 0 unspecified atom stereocenters. The third kappa shape index (κ3) is 5.88. The third-order valence-electron chi connectivity index (χ3n) is 5.09. The van der Waals surface area contributed by atoms with Crippen molar-refractivity contribution in [1.29, 1.82) is 0 Å². The summed E-state index contributed by atoms with van der Waals surface area (Å²) < 4.78 is 2.01. The molecule has 29 heavy (non-hydrogen) atoms. The lowest BCUT2D eigenvalue weighted by atomic mass is 10.2. The van der Waals surface area contributed by atoms with E-state index in [4.69, 9.17) is 11.6 Å². The first-order chi connectivity index (χ1) is 13.5. The Hall–Kier alpha value is -1.74. The molecule has 2 heterocycles. The number of hydrogen-bond acceptors (Lipinski definition) is 2. The lowest BCUT2D eigenvalue weighted by Gasteiger charge is -2.22. The monoisotopic (exact) mass is 529 g/mol. The van der Waals surface area contributed by atoms with E-state index in [0.29, 0.717) is 19.5 Å². The van der Waals surface area contributed by atoms with Crippen molar-refractivity contribution in [3.05, 3.63) is 52.8 Å². The summed E-state index contributed by atoms with van der Waals surface area (Å²) in [5, 5.41) is 4.08. The van der Waals surface area contributed by atoms with Crippen LogP contribution >= 0.6 is 35.6 Å². The van der Waals surface area contributed by atoms with Gasteiger partial charge in [-0.3, -0.25) is 9.79 Å². The van der Waals surface area contributed by atoms with Crippen LogP contribution in [0.15, 0.2) is 41.5 Å². The number of nitrogens with zero attached hydrogens (tertiary/aromatic N) is 4. The van der Waals surface area contributed by atoms with E-state index in [2.05, 4.69) is 16.4 Å². The number of guanidine groups is 1. The summed E-state index contributed by atoms with van der Waals surface area (Å²) in [7, 11) is 5.74. The molecular weight excluding hydrogens is 501 g/mol. The lowest BCUT2D eigenvalue weighted by Crippen LogP contribution is -2.39. The molecule has 3 rings (SSSR count). The molecule has 0 bridgehead atoms. The molecule has 1 aliphatic rings. The van der Waals surface area contributed by atoms with Crippen LogP contribution in [0.25, 0.3) is 0 Å². The molecule has 0 saturated carbocycles. The number of carbonyl (C=O) groups excluding carboxylic acids is 1. The minimum absolute atomic E-state index is 0. The van der Waals surface area contributed by atoms with Crippen LogP contribution < -0.4 is 10.2 Å². The third-order valence-corrected chi connectivity index (χ3v) is 5.29. The summed E-state index contributed by atoms with van der Waals surface area (Å²) in [5.74, 6) is 0.991. The zero-order valence-corrected chi connectivity index (χ0v) is 20.3. The van der Waals surface area contributed by atoms with E-state index < -0.39 is 0 Å². The van der Waals surface area contributed by atoms with Gasteiger partial charge in [-0.05, 0) is 30.5 Å². The highest BCUT2D eigenvalue weighted by Gasteiger charge is 2.23.